The topological polar surface area (TPSA) is 30.5 Å². The molecule has 3 aromatic carbocycles. The van der Waals surface area contributed by atoms with Gasteiger partial charge in [0.2, 0.25) is 0 Å². The van der Waals surface area contributed by atoms with Crippen LogP contribution in [0, 0.1) is 0 Å². The highest BCUT2D eigenvalue weighted by atomic mass is 16.7. The Morgan fingerprint density at radius 2 is 1.70 bits per heavy atom. The molecule has 2 aliphatic heterocycles. The van der Waals surface area contributed by atoms with E-state index < -0.39 is 0 Å². The molecule has 1 atom stereocenters. The summed E-state index contributed by atoms with van der Waals surface area (Å²) in [5, 5.41) is 2.38. The SMILES string of the molecule is c1ccc(C2ONC3=C2COc2ccc4ccccc4c23)cc1. The van der Waals surface area contributed by atoms with Crippen LogP contribution in [0.15, 0.2) is 72.3 Å². The van der Waals surface area contributed by atoms with Gasteiger partial charge in [-0.2, -0.15) is 0 Å². The Kier molecular flexibility index (Phi) is 2.69. The third-order valence-electron chi connectivity index (χ3n) is 4.54. The highest BCUT2D eigenvalue weighted by Gasteiger charge is 2.34. The van der Waals surface area contributed by atoms with Gasteiger partial charge in [0, 0.05) is 5.57 Å². The van der Waals surface area contributed by atoms with Gasteiger partial charge in [-0.15, -0.1) is 0 Å². The molecule has 0 saturated carbocycles. The minimum absolute atomic E-state index is 0.0988. The molecular weight excluding hydrogens is 286 g/mol. The van der Waals surface area contributed by atoms with Gasteiger partial charge in [-0.25, -0.2) is 0 Å². The molecule has 23 heavy (non-hydrogen) atoms. The van der Waals surface area contributed by atoms with E-state index in [2.05, 4.69) is 47.9 Å². The summed E-state index contributed by atoms with van der Waals surface area (Å²) in [6, 6.07) is 22.8. The number of benzene rings is 3. The van der Waals surface area contributed by atoms with E-state index in [9.17, 15) is 0 Å². The average molecular weight is 301 g/mol. The smallest absolute Gasteiger partial charge is 0.137 e. The lowest BCUT2D eigenvalue weighted by Gasteiger charge is -2.21. The zero-order chi connectivity index (χ0) is 15.2. The van der Waals surface area contributed by atoms with Gasteiger partial charge in [-0.1, -0.05) is 60.7 Å². The molecule has 2 aliphatic rings. The summed E-state index contributed by atoms with van der Waals surface area (Å²) in [4.78, 5) is 5.89. The van der Waals surface area contributed by atoms with Gasteiger partial charge in [-0.05, 0) is 22.4 Å². The van der Waals surface area contributed by atoms with Gasteiger partial charge >= 0.3 is 0 Å². The molecule has 1 N–H and O–H groups in total. The van der Waals surface area contributed by atoms with Crippen LogP contribution in [0.4, 0.5) is 0 Å². The summed E-state index contributed by atoms with van der Waals surface area (Å²) in [6.45, 7) is 0.549. The second-order valence-corrected chi connectivity index (χ2v) is 5.86. The van der Waals surface area contributed by atoms with Crippen molar-refractivity contribution in [2.45, 2.75) is 6.10 Å². The second kappa shape index (κ2) is 4.86. The molecule has 3 aromatic rings. The zero-order valence-corrected chi connectivity index (χ0v) is 12.5. The third-order valence-corrected chi connectivity index (χ3v) is 4.54. The van der Waals surface area contributed by atoms with Crippen molar-refractivity contribution in [2.24, 2.45) is 0 Å². The lowest BCUT2D eigenvalue weighted by molar-refractivity contribution is 0.0440. The van der Waals surface area contributed by atoms with E-state index in [1.807, 2.05) is 24.3 Å². The number of hydrogen-bond donors (Lipinski definition) is 1. The minimum Gasteiger partial charge on any atom is -0.488 e. The van der Waals surface area contributed by atoms with Crippen LogP contribution in [0.5, 0.6) is 5.75 Å². The van der Waals surface area contributed by atoms with E-state index in [0.717, 1.165) is 28.1 Å². The van der Waals surface area contributed by atoms with E-state index >= 15 is 0 Å². The lowest BCUT2D eigenvalue weighted by Crippen LogP contribution is -2.14. The number of hydrogen-bond acceptors (Lipinski definition) is 3. The van der Waals surface area contributed by atoms with Gasteiger partial charge in [0.1, 0.15) is 18.5 Å². The minimum atomic E-state index is -0.0988. The number of fused-ring (bicyclic) bond motifs is 4. The summed E-state index contributed by atoms with van der Waals surface area (Å²) < 4.78 is 6.02. The van der Waals surface area contributed by atoms with Crippen molar-refractivity contribution >= 4 is 16.5 Å². The Balaban J connectivity index is 1.71. The molecule has 3 nitrogen and oxygen atoms in total. The molecule has 0 aromatic heterocycles. The van der Waals surface area contributed by atoms with Gasteiger partial charge in [0.25, 0.3) is 0 Å². The summed E-state index contributed by atoms with van der Waals surface area (Å²) in [6.07, 6.45) is -0.0988. The molecule has 0 saturated heterocycles. The van der Waals surface area contributed by atoms with Crippen molar-refractivity contribution in [2.75, 3.05) is 6.61 Å². The Labute approximate surface area is 134 Å². The van der Waals surface area contributed by atoms with Gasteiger partial charge in [-0.3, -0.25) is 10.3 Å². The molecule has 0 radical (unpaired) electrons. The van der Waals surface area contributed by atoms with Crippen molar-refractivity contribution in [1.29, 1.82) is 0 Å². The van der Waals surface area contributed by atoms with Crippen molar-refractivity contribution < 1.29 is 9.57 Å². The average Bonchev–Trinajstić information content (AvgIpc) is 3.06. The monoisotopic (exact) mass is 301 g/mol. The van der Waals surface area contributed by atoms with Crippen LogP contribution in [0.2, 0.25) is 0 Å². The van der Waals surface area contributed by atoms with Gasteiger partial charge in [0.05, 0.1) is 11.3 Å². The molecule has 0 aliphatic carbocycles. The van der Waals surface area contributed by atoms with Crippen LogP contribution in [-0.4, -0.2) is 6.61 Å². The fourth-order valence-electron chi connectivity index (χ4n) is 3.43. The highest BCUT2D eigenvalue weighted by molar-refractivity contribution is 5.97. The summed E-state index contributed by atoms with van der Waals surface area (Å²) in [5.74, 6) is 0.910. The fourth-order valence-corrected chi connectivity index (χ4v) is 3.43. The van der Waals surface area contributed by atoms with Gasteiger partial charge in [0.15, 0.2) is 0 Å². The molecule has 0 bridgehead atoms. The fraction of sp³-hybridized carbons (Fsp3) is 0.100. The quantitative estimate of drug-likeness (QED) is 0.730. The largest absolute Gasteiger partial charge is 0.488 e. The highest BCUT2D eigenvalue weighted by Crippen LogP contribution is 2.44. The maximum atomic E-state index is 6.02. The molecular formula is C20H15NO2. The van der Waals surface area contributed by atoms with E-state index in [0.29, 0.717) is 6.61 Å². The Hall–Kier alpha value is -2.78. The van der Waals surface area contributed by atoms with E-state index in [-0.39, 0.29) is 6.10 Å². The molecule has 3 heteroatoms. The van der Waals surface area contributed by atoms with Crippen molar-refractivity contribution in [3.63, 3.8) is 0 Å². The first kappa shape index (κ1) is 12.7. The number of rotatable bonds is 1. The summed E-state index contributed by atoms with van der Waals surface area (Å²) in [7, 11) is 0. The first-order chi connectivity index (χ1) is 11.4. The Morgan fingerprint density at radius 3 is 2.61 bits per heavy atom. The molecule has 1 unspecified atom stereocenters. The molecule has 112 valence electrons. The zero-order valence-electron chi connectivity index (χ0n) is 12.5. The predicted octanol–water partition coefficient (Wildman–Crippen LogP) is 4.22. The maximum absolute atomic E-state index is 6.02. The Morgan fingerprint density at radius 1 is 0.870 bits per heavy atom. The van der Waals surface area contributed by atoms with Crippen molar-refractivity contribution in [3.8, 4) is 5.75 Å². The van der Waals surface area contributed by atoms with Crippen LogP contribution in [0.1, 0.15) is 17.2 Å². The van der Waals surface area contributed by atoms with E-state index in [4.69, 9.17) is 9.57 Å². The molecule has 0 amide bonds. The number of hydroxylamine groups is 1. The normalized spacial score (nSPS) is 19.0. The van der Waals surface area contributed by atoms with E-state index in [1.54, 1.807) is 0 Å². The first-order valence-corrected chi connectivity index (χ1v) is 7.76. The lowest BCUT2D eigenvalue weighted by atomic mass is 9.93. The number of ether oxygens (including phenoxy) is 1. The van der Waals surface area contributed by atoms with Crippen molar-refractivity contribution in [1.82, 2.24) is 5.48 Å². The standard InChI is InChI=1S/C20H15NO2/c1-2-7-14(8-3-1)20-16-12-22-17-11-10-13-6-4-5-9-15(13)18(17)19(16)21-23-20/h1-11,20-21H,12H2. The summed E-state index contributed by atoms with van der Waals surface area (Å²) in [5.41, 5.74) is 7.60. The molecule has 0 spiro atoms. The van der Waals surface area contributed by atoms with Crippen LogP contribution in [-0.2, 0) is 4.84 Å². The second-order valence-electron chi connectivity index (χ2n) is 5.86. The van der Waals surface area contributed by atoms with Crippen LogP contribution >= 0.6 is 0 Å². The maximum Gasteiger partial charge on any atom is 0.137 e. The van der Waals surface area contributed by atoms with Crippen LogP contribution in [0.25, 0.3) is 16.5 Å². The third kappa shape index (κ3) is 1.87. The van der Waals surface area contributed by atoms with Crippen LogP contribution in [0.3, 0.4) is 0 Å². The Bertz CT molecular complexity index is 931. The molecule has 2 heterocycles. The van der Waals surface area contributed by atoms with Crippen molar-refractivity contribution in [3.05, 3.63) is 83.4 Å². The van der Waals surface area contributed by atoms with E-state index in [1.165, 1.54) is 10.8 Å². The first-order valence-electron chi connectivity index (χ1n) is 7.76. The molecule has 5 rings (SSSR count). The molecule has 0 fully saturated rings. The summed E-state index contributed by atoms with van der Waals surface area (Å²) >= 11 is 0. The van der Waals surface area contributed by atoms with Gasteiger partial charge < -0.3 is 4.74 Å². The van der Waals surface area contributed by atoms with Crippen LogP contribution < -0.4 is 10.2 Å². The number of nitrogens with one attached hydrogen (secondary N) is 1. The predicted molar refractivity (Wildman–Crippen MR) is 89.8 cm³/mol.